The van der Waals surface area contributed by atoms with Crippen molar-refractivity contribution in [2.75, 3.05) is 0 Å². The number of benzene rings is 1. The number of aldehydes is 1. The van der Waals surface area contributed by atoms with Gasteiger partial charge in [0.1, 0.15) is 16.1 Å². The Morgan fingerprint density at radius 1 is 1.41 bits per heavy atom. The van der Waals surface area contributed by atoms with Crippen LogP contribution in [-0.4, -0.2) is 16.1 Å². The first kappa shape index (κ1) is 12.4. The zero-order valence-electron chi connectivity index (χ0n) is 8.75. The van der Waals surface area contributed by atoms with E-state index in [0.717, 1.165) is 4.47 Å². The Morgan fingerprint density at radius 3 is 2.76 bits per heavy atom. The number of aromatic nitrogens is 2. The van der Waals surface area contributed by atoms with Crippen LogP contribution in [0.25, 0.3) is 11.3 Å². The van der Waals surface area contributed by atoms with E-state index in [1.165, 1.54) is 10.7 Å². The maximum absolute atomic E-state index is 13.7. The molecule has 0 fully saturated rings. The number of hydrogen-bond acceptors (Lipinski definition) is 2. The summed E-state index contributed by atoms with van der Waals surface area (Å²) in [6.07, 6.45) is 0.659. The molecule has 0 aliphatic rings. The molecule has 0 saturated heterocycles. The van der Waals surface area contributed by atoms with Crippen molar-refractivity contribution in [1.29, 1.82) is 0 Å². The number of hydrogen-bond donors (Lipinski definition) is 0. The van der Waals surface area contributed by atoms with Gasteiger partial charge in [0.2, 0.25) is 0 Å². The van der Waals surface area contributed by atoms with E-state index in [9.17, 15) is 9.18 Å². The average Bonchev–Trinajstić information content (AvgIpc) is 2.58. The summed E-state index contributed by atoms with van der Waals surface area (Å²) in [4.78, 5) is 11.0. The molecular formula is C11H7Br2FN2O. The van der Waals surface area contributed by atoms with Crippen molar-refractivity contribution in [2.45, 2.75) is 0 Å². The van der Waals surface area contributed by atoms with Crippen molar-refractivity contribution in [3.8, 4) is 11.3 Å². The zero-order valence-corrected chi connectivity index (χ0v) is 11.9. The molecule has 0 amide bonds. The van der Waals surface area contributed by atoms with E-state index in [0.29, 0.717) is 27.7 Å². The molecule has 0 bridgehead atoms. The molecule has 0 radical (unpaired) electrons. The molecule has 1 aromatic carbocycles. The molecule has 0 N–H and O–H groups in total. The third-order valence-corrected chi connectivity index (χ3v) is 3.75. The van der Waals surface area contributed by atoms with Gasteiger partial charge in [-0.2, -0.15) is 5.10 Å². The van der Waals surface area contributed by atoms with E-state index in [-0.39, 0.29) is 0 Å². The van der Waals surface area contributed by atoms with Crippen molar-refractivity contribution in [1.82, 2.24) is 9.78 Å². The van der Waals surface area contributed by atoms with Crippen LogP contribution in [0, 0.1) is 5.82 Å². The molecule has 6 heteroatoms. The molecule has 88 valence electrons. The Morgan fingerprint density at radius 2 is 2.12 bits per heavy atom. The molecule has 0 aliphatic heterocycles. The summed E-state index contributed by atoms with van der Waals surface area (Å²) in [5, 5.41) is 4.13. The standard InChI is InChI=1S/C11H7Br2FN2O/c1-16-11(13)8(5-17)10(15-16)7-4-6(12)2-3-9(7)14/h2-5H,1H3. The minimum atomic E-state index is -0.415. The Bertz CT molecular complexity index is 595. The van der Waals surface area contributed by atoms with Crippen molar-refractivity contribution >= 4 is 38.1 Å². The van der Waals surface area contributed by atoms with Gasteiger partial charge in [0.15, 0.2) is 6.29 Å². The van der Waals surface area contributed by atoms with E-state index in [1.54, 1.807) is 19.2 Å². The number of nitrogens with zero attached hydrogens (tertiary/aromatic N) is 2. The van der Waals surface area contributed by atoms with Crippen molar-refractivity contribution in [2.24, 2.45) is 7.05 Å². The Hall–Kier alpha value is -1.01. The van der Waals surface area contributed by atoms with Gasteiger partial charge in [-0.05, 0) is 34.1 Å². The Balaban J connectivity index is 2.72. The summed E-state index contributed by atoms with van der Waals surface area (Å²) in [5.74, 6) is -0.415. The zero-order chi connectivity index (χ0) is 12.6. The molecule has 17 heavy (non-hydrogen) atoms. The quantitative estimate of drug-likeness (QED) is 0.766. The summed E-state index contributed by atoms with van der Waals surface area (Å²) in [6, 6.07) is 4.52. The molecule has 3 nitrogen and oxygen atoms in total. The first-order chi connectivity index (χ1) is 8.04. The van der Waals surface area contributed by atoms with E-state index < -0.39 is 5.82 Å². The molecule has 2 rings (SSSR count). The topological polar surface area (TPSA) is 34.9 Å². The second-order valence-electron chi connectivity index (χ2n) is 3.42. The second-order valence-corrected chi connectivity index (χ2v) is 5.09. The van der Waals surface area contributed by atoms with E-state index >= 15 is 0 Å². The molecule has 0 aliphatic carbocycles. The highest BCUT2D eigenvalue weighted by atomic mass is 79.9. The maximum Gasteiger partial charge on any atom is 0.155 e. The molecule has 2 aromatic rings. The van der Waals surface area contributed by atoms with Gasteiger partial charge in [0.25, 0.3) is 0 Å². The highest BCUT2D eigenvalue weighted by Crippen LogP contribution is 2.30. The predicted molar refractivity (Wildman–Crippen MR) is 69.4 cm³/mol. The Kier molecular flexibility index (Phi) is 3.44. The van der Waals surface area contributed by atoms with Gasteiger partial charge in [-0.3, -0.25) is 9.48 Å². The van der Waals surface area contributed by atoms with Crippen LogP contribution in [-0.2, 0) is 7.05 Å². The van der Waals surface area contributed by atoms with Crippen LogP contribution in [0.2, 0.25) is 0 Å². The van der Waals surface area contributed by atoms with Gasteiger partial charge in [0.05, 0.1) is 5.56 Å². The molecule has 1 heterocycles. The smallest absolute Gasteiger partial charge is 0.155 e. The number of carbonyl (C=O) groups is 1. The van der Waals surface area contributed by atoms with Gasteiger partial charge in [0, 0.05) is 17.1 Å². The monoisotopic (exact) mass is 360 g/mol. The average molecular weight is 362 g/mol. The highest BCUT2D eigenvalue weighted by Gasteiger charge is 2.18. The van der Waals surface area contributed by atoms with E-state index in [4.69, 9.17) is 0 Å². The van der Waals surface area contributed by atoms with Crippen LogP contribution in [0.15, 0.2) is 27.3 Å². The normalized spacial score (nSPS) is 10.6. The van der Waals surface area contributed by atoms with Gasteiger partial charge in [-0.1, -0.05) is 15.9 Å². The Labute approximate surface area is 114 Å². The summed E-state index contributed by atoms with van der Waals surface area (Å²) >= 11 is 6.50. The van der Waals surface area contributed by atoms with Gasteiger partial charge >= 0.3 is 0 Å². The summed E-state index contributed by atoms with van der Waals surface area (Å²) < 4.78 is 16.5. The predicted octanol–water partition coefficient (Wildman–Crippen LogP) is 3.56. The third kappa shape index (κ3) is 2.19. The van der Waals surface area contributed by atoms with Crippen LogP contribution in [0.1, 0.15) is 10.4 Å². The van der Waals surface area contributed by atoms with Crippen molar-refractivity contribution in [3.63, 3.8) is 0 Å². The maximum atomic E-state index is 13.7. The highest BCUT2D eigenvalue weighted by molar-refractivity contribution is 9.10. The first-order valence-electron chi connectivity index (χ1n) is 4.67. The number of aryl methyl sites for hydroxylation is 1. The number of halogens is 3. The van der Waals surface area contributed by atoms with Crippen LogP contribution in [0.5, 0.6) is 0 Å². The summed E-state index contributed by atoms with van der Waals surface area (Å²) in [6.45, 7) is 0. The van der Waals surface area contributed by atoms with Crippen LogP contribution < -0.4 is 0 Å². The van der Waals surface area contributed by atoms with E-state index in [1.807, 2.05) is 0 Å². The lowest BCUT2D eigenvalue weighted by atomic mass is 10.1. The molecular weight excluding hydrogens is 355 g/mol. The molecule has 1 aromatic heterocycles. The van der Waals surface area contributed by atoms with Crippen molar-refractivity contribution in [3.05, 3.63) is 38.7 Å². The van der Waals surface area contributed by atoms with Gasteiger partial charge in [-0.25, -0.2) is 4.39 Å². The lowest BCUT2D eigenvalue weighted by Crippen LogP contribution is -1.91. The minimum Gasteiger partial charge on any atom is -0.298 e. The summed E-state index contributed by atoms with van der Waals surface area (Å²) in [7, 11) is 1.68. The third-order valence-electron chi connectivity index (χ3n) is 2.31. The molecule has 0 atom stereocenters. The number of carbonyl (C=O) groups excluding carboxylic acids is 1. The fourth-order valence-corrected chi connectivity index (χ4v) is 2.22. The van der Waals surface area contributed by atoms with Crippen LogP contribution in [0.4, 0.5) is 4.39 Å². The largest absolute Gasteiger partial charge is 0.298 e. The molecule has 0 saturated carbocycles. The van der Waals surface area contributed by atoms with Crippen LogP contribution in [0.3, 0.4) is 0 Å². The molecule has 0 spiro atoms. The fraction of sp³-hybridized carbons (Fsp3) is 0.0909. The summed E-state index contributed by atoms with van der Waals surface area (Å²) in [5.41, 5.74) is 0.959. The van der Waals surface area contributed by atoms with Gasteiger partial charge in [-0.15, -0.1) is 0 Å². The lowest BCUT2D eigenvalue weighted by molar-refractivity contribution is 0.112. The van der Waals surface area contributed by atoms with Crippen molar-refractivity contribution < 1.29 is 9.18 Å². The molecule has 0 unspecified atom stereocenters. The van der Waals surface area contributed by atoms with E-state index in [2.05, 4.69) is 37.0 Å². The SMILES string of the molecule is Cn1nc(-c2cc(Br)ccc2F)c(C=O)c1Br. The minimum absolute atomic E-state index is 0.294. The van der Waals surface area contributed by atoms with Gasteiger partial charge < -0.3 is 0 Å². The second kappa shape index (κ2) is 4.70. The first-order valence-corrected chi connectivity index (χ1v) is 6.26. The lowest BCUT2D eigenvalue weighted by Gasteiger charge is -2.01. The fourth-order valence-electron chi connectivity index (χ4n) is 1.50. The van der Waals surface area contributed by atoms with Crippen LogP contribution >= 0.6 is 31.9 Å². The number of rotatable bonds is 2.